The topological polar surface area (TPSA) is 54.7 Å². The zero-order valence-electron chi connectivity index (χ0n) is 6.56. The average molecular weight is 165 g/mol. The number of halogens is 1. The molecule has 0 radical (unpaired) electrons. The van der Waals surface area contributed by atoms with Crippen LogP contribution in [-0.4, -0.2) is 9.97 Å². The van der Waals surface area contributed by atoms with Gasteiger partial charge in [0.15, 0.2) is 5.82 Å². The van der Waals surface area contributed by atoms with E-state index in [1.54, 1.807) is 0 Å². The molecule has 12 heavy (non-hydrogen) atoms. The van der Waals surface area contributed by atoms with E-state index in [1.807, 2.05) is 6.92 Å². The fourth-order valence-electron chi connectivity index (χ4n) is 1.22. The number of nitrogen functional groups attached to an aromatic ring is 1. The van der Waals surface area contributed by atoms with E-state index in [0.29, 0.717) is 16.7 Å². The third-order valence-electron chi connectivity index (χ3n) is 1.96. The fourth-order valence-corrected chi connectivity index (χ4v) is 1.22. The summed E-state index contributed by atoms with van der Waals surface area (Å²) < 4.78 is 13.1. The molecule has 0 saturated heterocycles. The van der Waals surface area contributed by atoms with Gasteiger partial charge in [-0.25, -0.2) is 9.37 Å². The smallest absolute Gasteiger partial charge is 0.153 e. The molecule has 3 nitrogen and oxygen atoms in total. The quantitative estimate of drug-likeness (QED) is 0.582. The van der Waals surface area contributed by atoms with Gasteiger partial charge in [0.25, 0.3) is 0 Å². The van der Waals surface area contributed by atoms with E-state index in [1.165, 1.54) is 12.4 Å². The number of H-pyrrole nitrogens is 1. The highest BCUT2D eigenvalue weighted by Gasteiger charge is 2.08. The van der Waals surface area contributed by atoms with Gasteiger partial charge in [-0.1, -0.05) is 0 Å². The molecule has 1 heterocycles. The van der Waals surface area contributed by atoms with Gasteiger partial charge in [-0.05, 0) is 18.6 Å². The average Bonchev–Trinajstić information content (AvgIpc) is 2.48. The van der Waals surface area contributed by atoms with Crippen LogP contribution in [0.25, 0.3) is 11.0 Å². The predicted molar refractivity (Wildman–Crippen MR) is 45.2 cm³/mol. The van der Waals surface area contributed by atoms with Gasteiger partial charge in [0.2, 0.25) is 0 Å². The van der Waals surface area contributed by atoms with Crippen molar-refractivity contribution < 1.29 is 4.39 Å². The van der Waals surface area contributed by atoms with Crippen molar-refractivity contribution >= 4 is 16.7 Å². The first-order chi connectivity index (χ1) is 5.70. The highest BCUT2D eigenvalue weighted by atomic mass is 19.1. The first kappa shape index (κ1) is 7.09. The molecule has 0 saturated carbocycles. The maximum Gasteiger partial charge on any atom is 0.153 e. The van der Waals surface area contributed by atoms with Crippen LogP contribution in [0.1, 0.15) is 5.56 Å². The highest BCUT2D eigenvalue weighted by Crippen LogP contribution is 2.22. The number of anilines is 1. The lowest BCUT2D eigenvalue weighted by molar-refractivity contribution is 0.637. The number of benzene rings is 1. The molecule has 1 aromatic carbocycles. The van der Waals surface area contributed by atoms with E-state index in [-0.39, 0.29) is 5.82 Å². The molecule has 0 atom stereocenters. The number of hydrogen-bond acceptors (Lipinski definition) is 2. The van der Waals surface area contributed by atoms with Crippen molar-refractivity contribution in [1.82, 2.24) is 9.97 Å². The lowest BCUT2D eigenvalue weighted by Gasteiger charge is -2.00. The maximum absolute atomic E-state index is 13.1. The summed E-state index contributed by atoms with van der Waals surface area (Å²) in [5, 5.41) is 0. The number of aromatic amines is 1. The second-order valence-corrected chi connectivity index (χ2v) is 2.70. The molecule has 0 fully saturated rings. The summed E-state index contributed by atoms with van der Waals surface area (Å²) in [6.45, 7) is 1.83. The molecule has 4 heteroatoms. The summed E-state index contributed by atoms with van der Waals surface area (Å²) >= 11 is 0. The Kier molecular flexibility index (Phi) is 1.30. The standard InChI is InChI=1S/C8H8FN3/c1-4-6(10)2-5(9)8-7(4)11-3-12-8/h2-3H,10H2,1H3,(H,11,12). The number of aromatic nitrogens is 2. The van der Waals surface area contributed by atoms with Gasteiger partial charge in [-0.3, -0.25) is 0 Å². The first-order valence-electron chi connectivity index (χ1n) is 3.58. The molecule has 0 aliphatic heterocycles. The molecule has 0 amide bonds. The van der Waals surface area contributed by atoms with Crippen LogP contribution in [0.4, 0.5) is 10.1 Å². The molecule has 2 aromatic rings. The highest BCUT2D eigenvalue weighted by molar-refractivity contribution is 5.83. The summed E-state index contributed by atoms with van der Waals surface area (Å²) in [6, 6.07) is 1.29. The molecule has 0 bridgehead atoms. The Balaban J connectivity index is 2.97. The van der Waals surface area contributed by atoms with Crippen LogP contribution >= 0.6 is 0 Å². The van der Waals surface area contributed by atoms with Crippen LogP contribution in [0.5, 0.6) is 0 Å². The number of nitrogens with zero attached hydrogens (tertiary/aromatic N) is 1. The summed E-state index contributed by atoms with van der Waals surface area (Å²) in [5.41, 5.74) is 7.87. The Morgan fingerprint density at radius 2 is 2.33 bits per heavy atom. The summed E-state index contributed by atoms with van der Waals surface area (Å²) in [5.74, 6) is -0.380. The van der Waals surface area contributed by atoms with Crippen molar-refractivity contribution in [2.24, 2.45) is 0 Å². The van der Waals surface area contributed by atoms with Gasteiger partial charge in [0.1, 0.15) is 5.52 Å². The summed E-state index contributed by atoms with van der Waals surface area (Å²) in [6.07, 6.45) is 1.46. The van der Waals surface area contributed by atoms with Crippen molar-refractivity contribution in [1.29, 1.82) is 0 Å². The lowest BCUT2D eigenvalue weighted by atomic mass is 10.1. The summed E-state index contributed by atoms with van der Waals surface area (Å²) in [4.78, 5) is 6.67. The monoisotopic (exact) mass is 165 g/mol. The van der Waals surface area contributed by atoms with Crippen molar-refractivity contribution in [2.45, 2.75) is 6.92 Å². The number of rotatable bonds is 0. The van der Waals surface area contributed by atoms with E-state index in [4.69, 9.17) is 5.73 Å². The molecular weight excluding hydrogens is 157 g/mol. The zero-order valence-corrected chi connectivity index (χ0v) is 6.56. The molecule has 0 aliphatic carbocycles. The Morgan fingerprint density at radius 3 is 3.08 bits per heavy atom. The Labute approximate surface area is 68.4 Å². The second-order valence-electron chi connectivity index (χ2n) is 2.70. The third-order valence-corrected chi connectivity index (χ3v) is 1.96. The molecule has 3 N–H and O–H groups in total. The summed E-state index contributed by atoms with van der Waals surface area (Å²) in [7, 11) is 0. The van der Waals surface area contributed by atoms with E-state index in [9.17, 15) is 4.39 Å². The van der Waals surface area contributed by atoms with Gasteiger partial charge in [0.05, 0.1) is 11.8 Å². The Morgan fingerprint density at radius 1 is 1.58 bits per heavy atom. The SMILES string of the molecule is Cc1c(N)cc(F)c2nc[nH]c12. The number of nitrogens with one attached hydrogen (secondary N) is 1. The first-order valence-corrected chi connectivity index (χ1v) is 3.58. The number of fused-ring (bicyclic) bond motifs is 1. The van der Waals surface area contributed by atoms with Gasteiger partial charge in [-0.2, -0.15) is 0 Å². The van der Waals surface area contributed by atoms with Gasteiger partial charge >= 0.3 is 0 Å². The maximum atomic E-state index is 13.1. The number of imidazole rings is 1. The van der Waals surface area contributed by atoms with Crippen molar-refractivity contribution in [3.8, 4) is 0 Å². The van der Waals surface area contributed by atoms with Gasteiger partial charge in [-0.15, -0.1) is 0 Å². The number of hydrogen-bond donors (Lipinski definition) is 2. The zero-order chi connectivity index (χ0) is 8.72. The van der Waals surface area contributed by atoms with Gasteiger partial charge < -0.3 is 10.7 Å². The van der Waals surface area contributed by atoms with Crippen molar-refractivity contribution in [2.75, 3.05) is 5.73 Å². The molecule has 0 unspecified atom stereocenters. The molecule has 2 rings (SSSR count). The number of nitrogens with two attached hydrogens (primary N) is 1. The second kappa shape index (κ2) is 2.20. The normalized spacial score (nSPS) is 10.8. The van der Waals surface area contributed by atoms with Crippen LogP contribution < -0.4 is 5.73 Å². The van der Waals surface area contributed by atoms with Crippen LogP contribution in [0, 0.1) is 12.7 Å². The Bertz CT molecular complexity index is 433. The number of aryl methyl sites for hydroxylation is 1. The Hall–Kier alpha value is -1.58. The van der Waals surface area contributed by atoms with E-state index < -0.39 is 0 Å². The van der Waals surface area contributed by atoms with E-state index in [0.717, 1.165) is 5.56 Å². The van der Waals surface area contributed by atoms with Crippen molar-refractivity contribution in [3.63, 3.8) is 0 Å². The van der Waals surface area contributed by atoms with Crippen LogP contribution in [0.15, 0.2) is 12.4 Å². The minimum absolute atomic E-state index is 0.349. The van der Waals surface area contributed by atoms with Crippen molar-refractivity contribution in [3.05, 3.63) is 23.8 Å². The fraction of sp³-hybridized carbons (Fsp3) is 0.125. The molecular formula is C8H8FN3. The van der Waals surface area contributed by atoms with Gasteiger partial charge in [0, 0.05) is 5.69 Å². The van der Waals surface area contributed by atoms with E-state index >= 15 is 0 Å². The minimum atomic E-state index is -0.380. The largest absolute Gasteiger partial charge is 0.398 e. The molecule has 1 aromatic heterocycles. The third kappa shape index (κ3) is 0.777. The van der Waals surface area contributed by atoms with Crippen LogP contribution in [-0.2, 0) is 0 Å². The lowest BCUT2D eigenvalue weighted by Crippen LogP contribution is -1.92. The van der Waals surface area contributed by atoms with Crippen LogP contribution in [0.3, 0.4) is 0 Å². The molecule has 0 spiro atoms. The minimum Gasteiger partial charge on any atom is -0.398 e. The van der Waals surface area contributed by atoms with E-state index in [2.05, 4.69) is 9.97 Å². The molecule has 62 valence electrons. The predicted octanol–water partition coefficient (Wildman–Crippen LogP) is 1.59. The van der Waals surface area contributed by atoms with Crippen LogP contribution in [0.2, 0.25) is 0 Å². The molecule has 0 aliphatic rings.